The Morgan fingerprint density at radius 2 is 1.86 bits per heavy atom. The van der Waals surface area contributed by atoms with E-state index >= 15 is 0 Å². The molecule has 6 nitrogen and oxygen atoms in total. The molecule has 0 aliphatic carbocycles. The Bertz CT molecular complexity index is 494. The first-order valence-corrected chi connectivity index (χ1v) is 6.77. The number of guanidine groups is 1. The van der Waals surface area contributed by atoms with Gasteiger partial charge in [0.05, 0.1) is 13.7 Å². The van der Waals surface area contributed by atoms with Crippen molar-refractivity contribution in [3.63, 3.8) is 0 Å². The van der Waals surface area contributed by atoms with Crippen molar-refractivity contribution in [2.45, 2.75) is 0 Å². The number of carbonyl (C=O) groups excluding carboxylic acids is 1. The van der Waals surface area contributed by atoms with Crippen molar-refractivity contribution in [3.05, 3.63) is 29.8 Å². The molecule has 1 aromatic rings. The van der Waals surface area contributed by atoms with Crippen molar-refractivity contribution in [2.75, 3.05) is 48.4 Å². The Labute approximate surface area is 149 Å². The highest BCUT2D eigenvalue weighted by atomic mass is 127. The van der Waals surface area contributed by atoms with E-state index < -0.39 is 0 Å². The van der Waals surface area contributed by atoms with Crippen LogP contribution in [0.4, 0.5) is 0 Å². The highest BCUT2D eigenvalue weighted by Gasteiger charge is 2.06. The van der Waals surface area contributed by atoms with Gasteiger partial charge in [0.2, 0.25) is 0 Å². The molecule has 1 amide bonds. The Balaban J connectivity index is 0.00000441. The van der Waals surface area contributed by atoms with Gasteiger partial charge >= 0.3 is 0 Å². The summed E-state index contributed by atoms with van der Waals surface area (Å²) < 4.78 is 5.10. The summed E-state index contributed by atoms with van der Waals surface area (Å²) in [6.07, 6.45) is 0. The molecule has 0 fully saturated rings. The zero-order valence-electron chi connectivity index (χ0n) is 13.8. The van der Waals surface area contributed by atoms with E-state index in [1.54, 1.807) is 25.3 Å². The molecule has 0 unspecified atom stereocenters. The minimum atomic E-state index is -0.125. The summed E-state index contributed by atoms with van der Waals surface area (Å²) in [6, 6.07) is 7.07. The number of aliphatic imine (C=N–C) groups is 1. The molecule has 0 atom stereocenters. The van der Waals surface area contributed by atoms with Gasteiger partial charge in [-0.3, -0.25) is 9.79 Å². The molecule has 0 radical (unpaired) electrons. The van der Waals surface area contributed by atoms with Crippen LogP contribution in [-0.2, 0) is 0 Å². The van der Waals surface area contributed by atoms with Gasteiger partial charge < -0.3 is 19.9 Å². The minimum absolute atomic E-state index is 0. The average molecular weight is 420 g/mol. The molecule has 0 aromatic heterocycles. The van der Waals surface area contributed by atoms with Gasteiger partial charge in [-0.15, -0.1) is 24.0 Å². The fourth-order valence-corrected chi connectivity index (χ4v) is 1.87. The smallest absolute Gasteiger partial charge is 0.251 e. The van der Waals surface area contributed by atoms with Gasteiger partial charge in [-0.2, -0.15) is 0 Å². The first kappa shape index (κ1) is 20.5. The third-order valence-electron chi connectivity index (χ3n) is 2.78. The van der Waals surface area contributed by atoms with E-state index in [0.717, 1.165) is 5.96 Å². The lowest BCUT2D eigenvalue weighted by atomic mass is 10.2. The third-order valence-corrected chi connectivity index (χ3v) is 2.78. The second kappa shape index (κ2) is 10.3. The summed E-state index contributed by atoms with van der Waals surface area (Å²) in [5.74, 6) is 1.41. The highest BCUT2D eigenvalue weighted by molar-refractivity contribution is 14.0. The monoisotopic (exact) mass is 420 g/mol. The molecule has 124 valence electrons. The van der Waals surface area contributed by atoms with Crippen molar-refractivity contribution in [3.8, 4) is 5.75 Å². The molecule has 0 aliphatic heterocycles. The number of hydrogen-bond donors (Lipinski definition) is 1. The lowest BCUT2D eigenvalue weighted by Gasteiger charge is -2.22. The minimum Gasteiger partial charge on any atom is -0.497 e. The SMILES string of the molecule is COc1cccc(C(=O)NCCN=C(N(C)C)N(C)C)c1.I. The fourth-order valence-electron chi connectivity index (χ4n) is 1.87. The molecular formula is C15H25IN4O2. The molecule has 0 bridgehead atoms. The number of halogens is 1. The number of methoxy groups -OCH3 is 1. The lowest BCUT2D eigenvalue weighted by Crippen LogP contribution is -2.36. The van der Waals surface area contributed by atoms with E-state index in [4.69, 9.17) is 4.74 Å². The standard InChI is InChI=1S/C15H24N4O2.HI/c1-18(2)15(19(3)4)17-10-9-16-14(20)12-7-6-8-13(11-12)21-5;/h6-8,11H,9-10H2,1-5H3,(H,16,20);1H. The third kappa shape index (κ3) is 6.50. The summed E-state index contributed by atoms with van der Waals surface area (Å²) in [4.78, 5) is 20.3. The van der Waals surface area contributed by atoms with Gasteiger partial charge in [-0.05, 0) is 18.2 Å². The van der Waals surface area contributed by atoms with E-state index in [9.17, 15) is 4.79 Å². The Hall–Kier alpha value is -1.51. The van der Waals surface area contributed by atoms with Gasteiger partial charge in [0.1, 0.15) is 5.75 Å². The fraction of sp³-hybridized carbons (Fsp3) is 0.467. The molecule has 0 saturated carbocycles. The molecule has 0 saturated heterocycles. The molecule has 22 heavy (non-hydrogen) atoms. The van der Waals surface area contributed by atoms with Gasteiger partial charge in [-0.25, -0.2) is 0 Å². The Kier molecular flexibility index (Phi) is 9.55. The molecule has 7 heteroatoms. The van der Waals surface area contributed by atoms with E-state index in [0.29, 0.717) is 24.4 Å². The maximum absolute atomic E-state index is 12.0. The van der Waals surface area contributed by atoms with Gasteiger partial charge in [0.25, 0.3) is 5.91 Å². The van der Waals surface area contributed by atoms with Gasteiger partial charge in [0, 0.05) is 40.3 Å². The van der Waals surface area contributed by atoms with Crippen molar-refractivity contribution in [1.82, 2.24) is 15.1 Å². The first-order valence-electron chi connectivity index (χ1n) is 6.77. The number of hydrogen-bond acceptors (Lipinski definition) is 3. The molecule has 0 heterocycles. The van der Waals surface area contributed by atoms with E-state index in [1.807, 2.05) is 44.1 Å². The summed E-state index contributed by atoms with van der Waals surface area (Å²) in [5.41, 5.74) is 0.582. The molecule has 1 N–H and O–H groups in total. The van der Waals surface area contributed by atoms with Gasteiger partial charge in [-0.1, -0.05) is 6.07 Å². The number of amides is 1. The average Bonchev–Trinajstić information content (AvgIpc) is 2.46. The predicted molar refractivity (Wildman–Crippen MR) is 100 cm³/mol. The zero-order chi connectivity index (χ0) is 15.8. The van der Waals surface area contributed by atoms with Crippen LogP contribution in [0, 0.1) is 0 Å². The van der Waals surface area contributed by atoms with Gasteiger partial charge in [0.15, 0.2) is 5.96 Å². The maximum atomic E-state index is 12.0. The summed E-state index contributed by atoms with van der Waals surface area (Å²) >= 11 is 0. The van der Waals surface area contributed by atoms with Crippen LogP contribution in [0.5, 0.6) is 5.75 Å². The van der Waals surface area contributed by atoms with Crippen LogP contribution >= 0.6 is 24.0 Å². The number of nitrogens with zero attached hydrogens (tertiary/aromatic N) is 3. The van der Waals surface area contributed by atoms with E-state index in [2.05, 4.69) is 10.3 Å². The molecular weight excluding hydrogens is 395 g/mol. The molecule has 0 aliphatic rings. The molecule has 1 aromatic carbocycles. The van der Waals surface area contributed by atoms with Crippen LogP contribution in [0.3, 0.4) is 0 Å². The number of rotatable bonds is 5. The summed E-state index contributed by atoms with van der Waals surface area (Å²) in [5, 5.41) is 2.84. The maximum Gasteiger partial charge on any atom is 0.251 e. The number of nitrogens with one attached hydrogen (secondary N) is 1. The van der Waals surface area contributed by atoms with Crippen molar-refractivity contribution in [1.29, 1.82) is 0 Å². The van der Waals surface area contributed by atoms with Crippen molar-refractivity contribution < 1.29 is 9.53 Å². The zero-order valence-corrected chi connectivity index (χ0v) is 16.1. The lowest BCUT2D eigenvalue weighted by molar-refractivity contribution is 0.0954. The quantitative estimate of drug-likeness (QED) is 0.340. The summed E-state index contributed by atoms with van der Waals surface area (Å²) in [6.45, 7) is 1.02. The number of carbonyl (C=O) groups is 1. The second-order valence-electron chi connectivity index (χ2n) is 4.96. The summed E-state index contributed by atoms with van der Waals surface area (Å²) in [7, 11) is 9.33. The second-order valence-corrected chi connectivity index (χ2v) is 4.96. The topological polar surface area (TPSA) is 57.2 Å². The van der Waals surface area contributed by atoms with Crippen LogP contribution in [0.2, 0.25) is 0 Å². The van der Waals surface area contributed by atoms with Crippen LogP contribution < -0.4 is 10.1 Å². The Morgan fingerprint density at radius 3 is 2.41 bits per heavy atom. The van der Waals surface area contributed by atoms with Crippen molar-refractivity contribution in [2.24, 2.45) is 4.99 Å². The number of ether oxygens (including phenoxy) is 1. The molecule has 1 rings (SSSR count). The highest BCUT2D eigenvalue weighted by Crippen LogP contribution is 2.12. The largest absolute Gasteiger partial charge is 0.497 e. The molecule has 0 spiro atoms. The van der Waals surface area contributed by atoms with Crippen LogP contribution in [0.25, 0.3) is 0 Å². The van der Waals surface area contributed by atoms with E-state index in [-0.39, 0.29) is 29.9 Å². The van der Waals surface area contributed by atoms with E-state index in [1.165, 1.54) is 0 Å². The first-order chi connectivity index (χ1) is 9.95. The van der Waals surface area contributed by atoms with Crippen LogP contribution in [-0.4, -0.2) is 70.1 Å². The normalized spacial score (nSPS) is 9.32. The predicted octanol–water partition coefficient (Wildman–Crippen LogP) is 1.52. The van der Waals surface area contributed by atoms with Crippen molar-refractivity contribution >= 4 is 35.8 Å². The number of benzene rings is 1. The Morgan fingerprint density at radius 1 is 1.23 bits per heavy atom. The van der Waals surface area contributed by atoms with Crippen LogP contribution in [0.1, 0.15) is 10.4 Å². The van der Waals surface area contributed by atoms with Crippen LogP contribution in [0.15, 0.2) is 29.3 Å².